The second-order valence-corrected chi connectivity index (χ2v) is 5.65. The fourth-order valence-electron chi connectivity index (χ4n) is 2.86. The number of fused-ring (bicyclic) bond motifs is 1. The Labute approximate surface area is 129 Å². The van der Waals surface area contributed by atoms with Gasteiger partial charge in [-0.25, -0.2) is 4.79 Å². The van der Waals surface area contributed by atoms with Crippen molar-refractivity contribution in [1.29, 1.82) is 0 Å². The van der Waals surface area contributed by atoms with E-state index >= 15 is 0 Å². The molecule has 0 spiro atoms. The first-order valence-corrected chi connectivity index (χ1v) is 7.46. The highest BCUT2D eigenvalue weighted by molar-refractivity contribution is 5.78. The minimum absolute atomic E-state index is 0.00157. The molecule has 1 aliphatic rings. The molecule has 0 unspecified atom stereocenters. The third-order valence-corrected chi connectivity index (χ3v) is 3.84. The van der Waals surface area contributed by atoms with Crippen LogP contribution in [0, 0.1) is 0 Å². The van der Waals surface area contributed by atoms with Crippen LogP contribution in [0.4, 0.5) is 0 Å². The molecule has 0 radical (unpaired) electrons. The predicted octanol–water partition coefficient (Wildman–Crippen LogP) is 2.00. The number of esters is 1. The number of carbonyl (C=O) groups is 1. The monoisotopic (exact) mass is 300 g/mol. The van der Waals surface area contributed by atoms with E-state index in [-0.39, 0.29) is 12.1 Å². The molecular formula is C17H20N2O3. The van der Waals surface area contributed by atoms with E-state index < -0.39 is 6.10 Å². The van der Waals surface area contributed by atoms with Gasteiger partial charge in [-0.3, -0.25) is 9.88 Å². The lowest BCUT2D eigenvalue weighted by Gasteiger charge is -2.35. The smallest absolute Gasteiger partial charge is 0.336 e. The van der Waals surface area contributed by atoms with Gasteiger partial charge in [-0.1, -0.05) is 24.3 Å². The van der Waals surface area contributed by atoms with E-state index in [4.69, 9.17) is 9.47 Å². The highest BCUT2D eigenvalue weighted by Crippen LogP contribution is 2.17. The number of pyridine rings is 1. The van der Waals surface area contributed by atoms with E-state index in [0.717, 1.165) is 23.1 Å². The molecule has 1 aromatic carbocycles. The number of aromatic nitrogens is 1. The van der Waals surface area contributed by atoms with Crippen molar-refractivity contribution in [3.05, 3.63) is 42.1 Å². The zero-order chi connectivity index (χ0) is 15.5. The highest BCUT2D eigenvalue weighted by Gasteiger charge is 2.31. The Hall–Kier alpha value is -1.98. The highest BCUT2D eigenvalue weighted by atomic mass is 16.6. The van der Waals surface area contributed by atoms with Gasteiger partial charge in [0.2, 0.25) is 0 Å². The lowest BCUT2D eigenvalue weighted by Crippen LogP contribution is -2.49. The molecule has 1 fully saturated rings. The molecule has 0 bridgehead atoms. The zero-order valence-corrected chi connectivity index (χ0v) is 12.9. The van der Waals surface area contributed by atoms with Crippen molar-refractivity contribution in [3.63, 3.8) is 0 Å². The molecule has 5 heteroatoms. The number of para-hydroxylation sites is 1. The van der Waals surface area contributed by atoms with Gasteiger partial charge in [0.05, 0.1) is 24.4 Å². The van der Waals surface area contributed by atoms with Crippen LogP contribution in [-0.2, 0) is 20.8 Å². The fraction of sp³-hybridized carbons (Fsp3) is 0.412. The molecule has 2 atom stereocenters. The zero-order valence-electron chi connectivity index (χ0n) is 12.9. The van der Waals surface area contributed by atoms with E-state index in [0.29, 0.717) is 13.1 Å². The molecular weight excluding hydrogens is 280 g/mol. The van der Waals surface area contributed by atoms with Crippen LogP contribution in [-0.4, -0.2) is 48.3 Å². The predicted molar refractivity (Wildman–Crippen MR) is 83.4 cm³/mol. The Kier molecular flexibility index (Phi) is 4.36. The average molecular weight is 300 g/mol. The summed E-state index contributed by atoms with van der Waals surface area (Å²) in [6, 6.07) is 12.2. The van der Waals surface area contributed by atoms with Crippen LogP contribution in [0.25, 0.3) is 10.9 Å². The van der Waals surface area contributed by atoms with E-state index in [1.807, 2.05) is 31.2 Å². The molecule has 22 heavy (non-hydrogen) atoms. The summed E-state index contributed by atoms with van der Waals surface area (Å²) < 4.78 is 10.4. The summed E-state index contributed by atoms with van der Waals surface area (Å²) in [5.74, 6) is -0.317. The lowest BCUT2D eigenvalue weighted by molar-refractivity contribution is -0.166. The Morgan fingerprint density at radius 3 is 2.95 bits per heavy atom. The van der Waals surface area contributed by atoms with Crippen molar-refractivity contribution in [3.8, 4) is 0 Å². The Morgan fingerprint density at radius 1 is 1.32 bits per heavy atom. The van der Waals surface area contributed by atoms with Crippen molar-refractivity contribution >= 4 is 16.9 Å². The molecule has 5 nitrogen and oxygen atoms in total. The standard InChI is InChI=1S/C17H20N2O3/c1-12-9-19(11-16(22-12)17(20)21-2)10-14-8-7-13-5-3-4-6-15(13)18-14/h3-8,12,16H,9-11H2,1-2H3/t12-,16+/m1/s1. The topological polar surface area (TPSA) is 51.7 Å². The quantitative estimate of drug-likeness (QED) is 0.812. The maximum Gasteiger partial charge on any atom is 0.336 e. The van der Waals surface area contributed by atoms with Crippen LogP contribution in [0.5, 0.6) is 0 Å². The van der Waals surface area contributed by atoms with Gasteiger partial charge >= 0.3 is 5.97 Å². The van der Waals surface area contributed by atoms with E-state index in [1.54, 1.807) is 0 Å². The molecule has 1 aliphatic heterocycles. The van der Waals surface area contributed by atoms with Crippen molar-refractivity contribution in [2.45, 2.75) is 25.7 Å². The van der Waals surface area contributed by atoms with Gasteiger partial charge in [-0.15, -0.1) is 0 Å². The molecule has 2 heterocycles. The molecule has 1 aromatic heterocycles. The minimum atomic E-state index is -0.519. The maximum atomic E-state index is 11.7. The normalized spacial score (nSPS) is 22.6. The number of nitrogens with zero attached hydrogens (tertiary/aromatic N) is 2. The largest absolute Gasteiger partial charge is 0.467 e. The molecule has 0 amide bonds. The minimum Gasteiger partial charge on any atom is -0.467 e. The molecule has 0 saturated carbocycles. The van der Waals surface area contributed by atoms with Crippen molar-refractivity contribution in [2.24, 2.45) is 0 Å². The summed E-state index contributed by atoms with van der Waals surface area (Å²) in [5.41, 5.74) is 1.99. The van der Waals surface area contributed by atoms with Crippen LogP contribution in [0.2, 0.25) is 0 Å². The van der Waals surface area contributed by atoms with E-state index in [2.05, 4.69) is 22.0 Å². The van der Waals surface area contributed by atoms with Gasteiger partial charge in [0, 0.05) is 25.0 Å². The molecule has 0 aliphatic carbocycles. The van der Waals surface area contributed by atoms with E-state index in [1.165, 1.54) is 7.11 Å². The molecule has 1 saturated heterocycles. The summed E-state index contributed by atoms with van der Waals surface area (Å²) in [7, 11) is 1.39. The van der Waals surface area contributed by atoms with Gasteiger partial charge < -0.3 is 9.47 Å². The third-order valence-electron chi connectivity index (χ3n) is 3.84. The Morgan fingerprint density at radius 2 is 2.14 bits per heavy atom. The van der Waals surface area contributed by atoms with Crippen LogP contribution in [0.1, 0.15) is 12.6 Å². The second-order valence-electron chi connectivity index (χ2n) is 5.65. The number of benzene rings is 1. The van der Waals surface area contributed by atoms with Crippen molar-refractivity contribution < 1.29 is 14.3 Å². The lowest BCUT2D eigenvalue weighted by atomic mass is 10.1. The summed E-state index contributed by atoms with van der Waals surface area (Å²) in [6.45, 7) is 3.98. The van der Waals surface area contributed by atoms with Gasteiger partial charge in [0.25, 0.3) is 0 Å². The number of rotatable bonds is 3. The number of methoxy groups -OCH3 is 1. The van der Waals surface area contributed by atoms with Crippen LogP contribution >= 0.6 is 0 Å². The van der Waals surface area contributed by atoms with Crippen molar-refractivity contribution in [2.75, 3.05) is 20.2 Å². The summed E-state index contributed by atoms with van der Waals surface area (Å²) in [4.78, 5) is 18.6. The van der Waals surface area contributed by atoms with Gasteiger partial charge in [-0.05, 0) is 19.1 Å². The molecule has 3 rings (SSSR count). The second kappa shape index (κ2) is 6.42. The third kappa shape index (κ3) is 3.26. The summed E-state index contributed by atoms with van der Waals surface area (Å²) >= 11 is 0. The van der Waals surface area contributed by atoms with E-state index in [9.17, 15) is 4.79 Å². The molecule has 116 valence electrons. The average Bonchev–Trinajstić information content (AvgIpc) is 2.53. The van der Waals surface area contributed by atoms with Crippen LogP contribution in [0.15, 0.2) is 36.4 Å². The van der Waals surface area contributed by atoms with Crippen molar-refractivity contribution in [1.82, 2.24) is 9.88 Å². The SMILES string of the molecule is COC(=O)[C@@H]1CN(Cc2ccc3ccccc3n2)C[C@@H](C)O1. The number of carbonyl (C=O) groups excluding carboxylic acids is 1. The first-order chi connectivity index (χ1) is 10.7. The maximum absolute atomic E-state index is 11.7. The summed E-state index contributed by atoms with van der Waals surface area (Å²) in [6.07, 6.45) is -0.521. The number of morpholine rings is 1. The van der Waals surface area contributed by atoms with Crippen LogP contribution < -0.4 is 0 Å². The summed E-state index contributed by atoms with van der Waals surface area (Å²) in [5, 5.41) is 1.13. The van der Waals surface area contributed by atoms with Gasteiger partial charge in [-0.2, -0.15) is 0 Å². The first kappa shape index (κ1) is 14.9. The van der Waals surface area contributed by atoms with Gasteiger partial charge in [0.1, 0.15) is 0 Å². The van der Waals surface area contributed by atoms with Crippen LogP contribution in [0.3, 0.4) is 0 Å². The van der Waals surface area contributed by atoms with Gasteiger partial charge in [0.15, 0.2) is 6.10 Å². The Bertz CT molecular complexity index is 674. The number of ether oxygens (including phenoxy) is 2. The molecule has 2 aromatic rings. The number of hydrogen-bond donors (Lipinski definition) is 0. The fourth-order valence-corrected chi connectivity index (χ4v) is 2.86. The number of hydrogen-bond acceptors (Lipinski definition) is 5. The Balaban J connectivity index is 1.74. The molecule has 0 N–H and O–H groups in total. The first-order valence-electron chi connectivity index (χ1n) is 7.46.